The van der Waals surface area contributed by atoms with Gasteiger partial charge in [0, 0.05) is 35.1 Å². The quantitative estimate of drug-likeness (QED) is 0.727. The number of fused-ring (bicyclic) bond motifs is 1. The van der Waals surface area contributed by atoms with Crippen LogP contribution in [0, 0.1) is 0 Å². The molecule has 118 valence electrons. The lowest BCUT2D eigenvalue weighted by Crippen LogP contribution is -2.46. The Labute approximate surface area is 136 Å². The molecule has 1 aromatic heterocycles. The number of amides is 1. The van der Waals surface area contributed by atoms with Crippen molar-refractivity contribution in [3.05, 3.63) is 34.4 Å². The van der Waals surface area contributed by atoms with E-state index in [1.807, 2.05) is 18.2 Å². The van der Waals surface area contributed by atoms with Crippen molar-refractivity contribution < 1.29 is 19.4 Å². The number of ether oxygens (including phenoxy) is 1. The van der Waals surface area contributed by atoms with E-state index in [9.17, 15) is 14.7 Å². The maximum atomic E-state index is 11.8. The molecule has 2 aromatic rings. The number of aromatic nitrogens is 1. The van der Waals surface area contributed by atoms with Crippen molar-refractivity contribution in [2.24, 2.45) is 0 Å². The Morgan fingerprint density at radius 3 is 2.82 bits per heavy atom. The highest BCUT2D eigenvalue weighted by Gasteiger charge is 2.24. The molecule has 2 rings (SSSR count). The molecule has 0 radical (unpaired) electrons. The Morgan fingerprint density at radius 2 is 2.18 bits per heavy atom. The fourth-order valence-electron chi connectivity index (χ4n) is 2.14. The molecule has 0 aliphatic carbocycles. The van der Waals surface area contributed by atoms with E-state index < -0.39 is 24.0 Å². The van der Waals surface area contributed by atoms with Crippen molar-refractivity contribution in [2.75, 3.05) is 7.11 Å². The summed E-state index contributed by atoms with van der Waals surface area (Å²) in [6, 6.07) is 4.71. The first-order valence-corrected chi connectivity index (χ1v) is 7.53. The summed E-state index contributed by atoms with van der Waals surface area (Å²) >= 11 is 3.40. The fraction of sp³-hybridized carbons (Fsp3) is 0.333. The number of halogens is 1. The number of carboxylic acid groups (broad SMARTS) is 1. The zero-order valence-electron chi connectivity index (χ0n) is 12.2. The Hall–Kier alpha value is -1.86. The summed E-state index contributed by atoms with van der Waals surface area (Å²) in [6.45, 7) is 1.57. The third-order valence-electron chi connectivity index (χ3n) is 3.49. The van der Waals surface area contributed by atoms with E-state index in [1.165, 1.54) is 7.11 Å². The number of hydrogen-bond acceptors (Lipinski definition) is 3. The predicted octanol–water partition coefficient (Wildman–Crippen LogP) is 2.08. The van der Waals surface area contributed by atoms with Gasteiger partial charge in [0.05, 0.1) is 0 Å². The van der Waals surface area contributed by atoms with E-state index >= 15 is 0 Å². The van der Waals surface area contributed by atoms with Gasteiger partial charge in [-0.2, -0.15) is 0 Å². The molecule has 0 spiro atoms. The molecular weight excluding hydrogens is 352 g/mol. The molecule has 2 atom stereocenters. The van der Waals surface area contributed by atoms with Crippen LogP contribution in [0.25, 0.3) is 10.9 Å². The van der Waals surface area contributed by atoms with Gasteiger partial charge < -0.3 is 20.1 Å². The van der Waals surface area contributed by atoms with Gasteiger partial charge in [-0.25, -0.2) is 4.79 Å². The predicted molar refractivity (Wildman–Crippen MR) is 85.7 cm³/mol. The summed E-state index contributed by atoms with van der Waals surface area (Å²) in [5.74, 6) is -1.53. The molecule has 2 unspecified atom stereocenters. The maximum Gasteiger partial charge on any atom is 0.326 e. The van der Waals surface area contributed by atoms with Crippen molar-refractivity contribution >= 4 is 38.7 Å². The van der Waals surface area contributed by atoms with Crippen molar-refractivity contribution in [2.45, 2.75) is 25.5 Å². The molecular formula is C15H17BrN2O4. The molecule has 7 heteroatoms. The van der Waals surface area contributed by atoms with Crippen LogP contribution in [0.5, 0.6) is 0 Å². The zero-order valence-corrected chi connectivity index (χ0v) is 13.8. The minimum Gasteiger partial charge on any atom is -0.480 e. The molecule has 0 fully saturated rings. The van der Waals surface area contributed by atoms with Crippen LogP contribution in [-0.4, -0.2) is 41.2 Å². The summed E-state index contributed by atoms with van der Waals surface area (Å²) in [4.78, 5) is 26.3. The van der Waals surface area contributed by atoms with Gasteiger partial charge in [-0.1, -0.05) is 15.9 Å². The number of nitrogens with one attached hydrogen (secondary N) is 2. The van der Waals surface area contributed by atoms with Gasteiger partial charge >= 0.3 is 5.97 Å². The lowest BCUT2D eigenvalue weighted by atomic mass is 10.0. The van der Waals surface area contributed by atoms with E-state index in [-0.39, 0.29) is 6.42 Å². The minimum absolute atomic E-state index is 0.188. The molecule has 0 aliphatic rings. The highest BCUT2D eigenvalue weighted by molar-refractivity contribution is 9.10. The Morgan fingerprint density at radius 1 is 1.45 bits per heavy atom. The normalized spacial score (nSPS) is 13.8. The van der Waals surface area contributed by atoms with E-state index in [1.54, 1.807) is 13.1 Å². The molecule has 1 amide bonds. The number of benzene rings is 1. The van der Waals surface area contributed by atoms with Gasteiger partial charge in [-0.3, -0.25) is 4.79 Å². The molecule has 3 N–H and O–H groups in total. The van der Waals surface area contributed by atoms with Crippen LogP contribution in [0.3, 0.4) is 0 Å². The van der Waals surface area contributed by atoms with Crippen LogP contribution in [0.15, 0.2) is 28.9 Å². The number of aliphatic carboxylic acids is 1. The monoisotopic (exact) mass is 368 g/mol. The number of carboxylic acids is 1. The molecule has 0 saturated heterocycles. The average Bonchev–Trinajstić information content (AvgIpc) is 2.87. The topological polar surface area (TPSA) is 91.4 Å². The van der Waals surface area contributed by atoms with E-state index in [0.29, 0.717) is 0 Å². The second kappa shape index (κ2) is 6.93. The molecule has 0 saturated carbocycles. The number of rotatable bonds is 6. The van der Waals surface area contributed by atoms with E-state index in [4.69, 9.17) is 4.74 Å². The second-order valence-electron chi connectivity index (χ2n) is 4.99. The maximum absolute atomic E-state index is 11.8. The van der Waals surface area contributed by atoms with Gasteiger partial charge in [0.2, 0.25) is 5.91 Å². The molecule has 1 heterocycles. The molecule has 0 aliphatic heterocycles. The van der Waals surface area contributed by atoms with Crippen LogP contribution < -0.4 is 5.32 Å². The third kappa shape index (κ3) is 3.66. The smallest absolute Gasteiger partial charge is 0.326 e. The number of methoxy groups -OCH3 is 1. The van der Waals surface area contributed by atoms with Crippen molar-refractivity contribution in [3.8, 4) is 0 Å². The van der Waals surface area contributed by atoms with Gasteiger partial charge in [-0.05, 0) is 30.7 Å². The first kappa shape index (κ1) is 16.5. The third-order valence-corrected chi connectivity index (χ3v) is 3.98. The summed E-state index contributed by atoms with van der Waals surface area (Å²) < 4.78 is 5.80. The zero-order chi connectivity index (χ0) is 16.3. The van der Waals surface area contributed by atoms with Crippen molar-refractivity contribution in [3.63, 3.8) is 0 Å². The number of carbonyl (C=O) groups is 2. The van der Waals surface area contributed by atoms with Crippen LogP contribution in [0.2, 0.25) is 0 Å². The Balaban J connectivity index is 2.21. The number of carbonyl (C=O) groups excluding carboxylic acids is 1. The average molecular weight is 369 g/mol. The first-order chi connectivity index (χ1) is 10.4. The Bertz CT molecular complexity index is 698. The first-order valence-electron chi connectivity index (χ1n) is 6.74. The number of hydrogen-bond donors (Lipinski definition) is 3. The highest BCUT2D eigenvalue weighted by atomic mass is 79.9. The Kier molecular flexibility index (Phi) is 5.20. The lowest BCUT2D eigenvalue weighted by Gasteiger charge is -2.17. The molecule has 1 aromatic carbocycles. The minimum atomic E-state index is -1.08. The van der Waals surface area contributed by atoms with E-state index in [0.717, 1.165) is 20.9 Å². The van der Waals surface area contributed by atoms with E-state index in [2.05, 4.69) is 26.2 Å². The molecule has 6 nitrogen and oxygen atoms in total. The van der Waals surface area contributed by atoms with Crippen molar-refractivity contribution in [1.82, 2.24) is 10.3 Å². The number of H-pyrrole nitrogens is 1. The lowest BCUT2D eigenvalue weighted by molar-refractivity contribution is -0.143. The van der Waals surface area contributed by atoms with Crippen LogP contribution in [0.4, 0.5) is 0 Å². The van der Waals surface area contributed by atoms with Gasteiger partial charge in [-0.15, -0.1) is 0 Å². The molecule has 0 bridgehead atoms. The second-order valence-corrected chi connectivity index (χ2v) is 5.90. The summed E-state index contributed by atoms with van der Waals surface area (Å²) in [5.41, 5.74) is 1.74. The standard InChI is InChI=1S/C15H17BrN2O4/c1-8(22-2)14(19)18-13(15(20)21)5-9-7-17-12-4-3-10(16)6-11(9)12/h3-4,6-8,13,17H,5H2,1-2H3,(H,18,19)(H,20,21). The largest absolute Gasteiger partial charge is 0.480 e. The summed E-state index contributed by atoms with van der Waals surface area (Å²) in [7, 11) is 1.40. The van der Waals surface area contributed by atoms with Crippen LogP contribution >= 0.6 is 15.9 Å². The fourth-order valence-corrected chi connectivity index (χ4v) is 2.50. The van der Waals surface area contributed by atoms with Gasteiger partial charge in [0.15, 0.2) is 0 Å². The molecule has 22 heavy (non-hydrogen) atoms. The summed E-state index contributed by atoms with van der Waals surface area (Å²) in [6.07, 6.45) is 1.26. The summed E-state index contributed by atoms with van der Waals surface area (Å²) in [5, 5.41) is 12.7. The van der Waals surface area contributed by atoms with Crippen LogP contribution in [0.1, 0.15) is 12.5 Å². The van der Waals surface area contributed by atoms with Gasteiger partial charge in [0.1, 0.15) is 12.1 Å². The van der Waals surface area contributed by atoms with Gasteiger partial charge in [0.25, 0.3) is 0 Å². The van der Waals surface area contributed by atoms with Crippen molar-refractivity contribution in [1.29, 1.82) is 0 Å². The SMILES string of the molecule is COC(C)C(=O)NC(Cc1c[nH]c2ccc(Br)cc12)C(=O)O. The van der Waals surface area contributed by atoms with Crippen LogP contribution in [-0.2, 0) is 20.7 Å². The highest BCUT2D eigenvalue weighted by Crippen LogP contribution is 2.23. The number of aromatic amines is 1.